The summed E-state index contributed by atoms with van der Waals surface area (Å²) in [6, 6.07) is 11.1. The third-order valence-electron chi connectivity index (χ3n) is 3.19. The third-order valence-corrected chi connectivity index (χ3v) is 3.44. The zero-order valence-corrected chi connectivity index (χ0v) is 12.8. The zero-order chi connectivity index (χ0) is 16.4. The van der Waals surface area contributed by atoms with Crippen LogP contribution in [-0.4, -0.2) is 19.0 Å². The lowest BCUT2D eigenvalue weighted by atomic mass is 10.2. The number of methoxy groups -OCH3 is 1. The summed E-state index contributed by atoms with van der Waals surface area (Å²) >= 11 is 5.82. The van der Waals surface area contributed by atoms with Crippen molar-refractivity contribution in [3.8, 4) is 5.75 Å². The second kappa shape index (κ2) is 6.22. The topological polar surface area (TPSA) is 47.9 Å². The van der Waals surface area contributed by atoms with E-state index in [1.165, 1.54) is 25.3 Å². The first-order chi connectivity index (χ1) is 11.1. The van der Waals surface area contributed by atoms with Crippen LogP contribution >= 0.6 is 11.6 Å². The van der Waals surface area contributed by atoms with E-state index in [9.17, 15) is 9.18 Å². The number of rotatable bonds is 3. The second-order valence-corrected chi connectivity index (χ2v) is 5.17. The minimum Gasteiger partial charge on any atom is -0.494 e. The van der Waals surface area contributed by atoms with E-state index in [0.717, 1.165) is 0 Å². The fourth-order valence-electron chi connectivity index (χ4n) is 2.06. The molecule has 116 valence electrons. The first-order valence-corrected chi connectivity index (χ1v) is 7.06. The number of aliphatic imine (C=N–C) groups is 1. The van der Waals surface area contributed by atoms with Gasteiger partial charge in [0.1, 0.15) is 0 Å². The molecule has 3 rings (SSSR count). The van der Waals surface area contributed by atoms with Crippen molar-refractivity contribution in [2.45, 2.75) is 0 Å². The number of halogens is 2. The summed E-state index contributed by atoms with van der Waals surface area (Å²) in [6.45, 7) is 0. The van der Waals surface area contributed by atoms with Gasteiger partial charge >= 0.3 is 5.97 Å². The lowest BCUT2D eigenvalue weighted by Crippen LogP contribution is -2.05. The van der Waals surface area contributed by atoms with E-state index >= 15 is 0 Å². The molecule has 0 atom stereocenters. The molecule has 0 bridgehead atoms. The van der Waals surface area contributed by atoms with Crippen LogP contribution in [0.15, 0.2) is 53.2 Å². The van der Waals surface area contributed by atoms with Crippen LogP contribution in [0.2, 0.25) is 5.02 Å². The van der Waals surface area contributed by atoms with Crippen LogP contribution in [0.3, 0.4) is 0 Å². The minimum absolute atomic E-state index is 0.0968. The van der Waals surface area contributed by atoms with Crippen molar-refractivity contribution in [1.82, 2.24) is 0 Å². The SMILES string of the molecule is COc1ccc(C=C2N=C(c3ccc(Cl)cc3)OC2=O)cc1F. The van der Waals surface area contributed by atoms with Crippen LogP contribution < -0.4 is 4.74 Å². The van der Waals surface area contributed by atoms with Gasteiger partial charge in [-0.05, 0) is 48.0 Å². The van der Waals surface area contributed by atoms with Crippen LogP contribution in [0.5, 0.6) is 5.75 Å². The molecule has 2 aromatic carbocycles. The molecule has 0 N–H and O–H groups in total. The monoisotopic (exact) mass is 331 g/mol. The molecule has 4 nitrogen and oxygen atoms in total. The van der Waals surface area contributed by atoms with E-state index < -0.39 is 11.8 Å². The Kier molecular flexibility index (Phi) is 4.12. The molecule has 0 unspecified atom stereocenters. The van der Waals surface area contributed by atoms with Crippen LogP contribution in [0.4, 0.5) is 4.39 Å². The Morgan fingerprint density at radius 2 is 1.96 bits per heavy atom. The van der Waals surface area contributed by atoms with E-state index in [4.69, 9.17) is 21.1 Å². The average Bonchev–Trinajstić information content (AvgIpc) is 2.89. The van der Waals surface area contributed by atoms with Gasteiger partial charge in [-0.15, -0.1) is 0 Å². The van der Waals surface area contributed by atoms with Gasteiger partial charge in [-0.25, -0.2) is 14.2 Å². The van der Waals surface area contributed by atoms with E-state index in [-0.39, 0.29) is 17.3 Å². The fourth-order valence-corrected chi connectivity index (χ4v) is 2.18. The zero-order valence-electron chi connectivity index (χ0n) is 12.0. The molecule has 0 spiro atoms. The largest absolute Gasteiger partial charge is 0.494 e. The number of esters is 1. The molecule has 0 saturated heterocycles. The summed E-state index contributed by atoms with van der Waals surface area (Å²) in [4.78, 5) is 16.0. The number of carbonyl (C=O) groups excluding carboxylic acids is 1. The summed E-state index contributed by atoms with van der Waals surface area (Å²) in [7, 11) is 1.38. The molecular formula is C17H11ClFNO3. The van der Waals surface area contributed by atoms with Gasteiger partial charge < -0.3 is 9.47 Å². The molecule has 0 radical (unpaired) electrons. The molecule has 1 aliphatic rings. The van der Waals surface area contributed by atoms with E-state index in [2.05, 4.69) is 4.99 Å². The Morgan fingerprint density at radius 3 is 2.61 bits per heavy atom. The first-order valence-electron chi connectivity index (χ1n) is 6.69. The number of benzene rings is 2. The first kappa shape index (κ1) is 15.2. The summed E-state index contributed by atoms with van der Waals surface area (Å²) in [5.41, 5.74) is 1.21. The predicted molar refractivity (Wildman–Crippen MR) is 85.0 cm³/mol. The molecule has 23 heavy (non-hydrogen) atoms. The number of cyclic esters (lactones) is 1. The van der Waals surface area contributed by atoms with Gasteiger partial charge in [0.05, 0.1) is 7.11 Å². The normalized spacial score (nSPS) is 15.5. The maximum atomic E-state index is 13.7. The highest BCUT2D eigenvalue weighted by atomic mass is 35.5. The van der Waals surface area contributed by atoms with Crippen LogP contribution in [0.1, 0.15) is 11.1 Å². The quantitative estimate of drug-likeness (QED) is 0.634. The van der Waals surface area contributed by atoms with Crippen LogP contribution in [-0.2, 0) is 9.53 Å². The Bertz CT molecular complexity index is 828. The molecule has 2 aromatic rings. The molecule has 0 aliphatic carbocycles. The Balaban J connectivity index is 1.91. The molecule has 0 amide bonds. The Morgan fingerprint density at radius 1 is 1.22 bits per heavy atom. The highest BCUT2D eigenvalue weighted by molar-refractivity contribution is 6.30. The van der Waals surface area contributed by atoms with Crippen molar-refractivity contribution >= 4 is 29.5 Å². The van der Waals surface area contributed by atoms with E-state index in [1.54, 1.807) is 30.3 Å². The number of nitrogens with zero attached hydrogens (tertiary/aromatic N) is 1. The van der Waals surface area contributed by atoms with Gasteiger partial charge in [0.25, 0.3) is 0 Å². The summed E-state index contributed by atoms with van der Waals surface area (Å²) < 4.78 is 23.7. The smallest absolute Gasteiger partial charge is 0.363 e. The Labute approximate surface area is 136 Å². The maximum Gasteiger partial charge on any atom is 0.363 e. The van der Waals surface area contributed by atoms with Crippen molar-refractivity contribution in [2.24, 2.45) is 4.99 Å². The average molecular weight is 332 g/mol. The van der Waals surface area contributed by atoms with Gasteiger partial charge in [0.15, 0.2) is 17.3 Å². The molecule has 0 saturated carbocycles. The number of hydrogen-bond acceptors (Lipinski definition) is 4. The molecule has 1 heterocycles. The van der Waals surface area contributed by atoms with E-state index in [1.807, 2.05) is 0 Å². The molecule has 0 aromatic heterocycles. The lowest BCUT2D eigenvalue weighted by molar-refractivity contribution is -0.129. The van der Waals surface area contributed by atoms with Gasteiger partial charge in [0.2, 0.25) is 5.90 Å². The maximum absolute atomic E-state index is 13.7. The molecular weight excluding hydrogens is 321 g/mol. The van der Waals surface area contributed by atoms with Crippen molar-refractivity contribution in [2.75, 3.05) is 7.11 Å². The lowest BCUT2D eigenvalue weighted by Gasteiger charge is -2.01. The number of carbonyl (C=O) groups is 1. The van der Waals surface area contributed by atoms with Gasteiger partial charge in [-0.1, -0.05) is 17.7 Å². The molecule has 6 heteroatoms. The second-order valence-electron chi connectivity index (χ2n) is 4.74. The van der Waals surface area contributed by atoms with Crippen molar-refractivity contribution in [1.29, 1.82) is 0 Å². The number of ether oxygens (including phenoxy) is 2. The highest BCUT2D eigenvalue weighted by Gasteiger charge is 2.24. The fraction of sp³-hybridized carbons (Fsp3) is 0.0588. The molecule has 1 aliphatic heterocycles. The predicted octanol–water partition coefficient (Wildman–Crippen LogP) is 3.83. The Hall–Kier alpha value is -2.66. The third kappa shape index (κ3) is 3.24. The van der Waals surface area contributed by atoms with Crippen molar-refractivity contribution in [3.05, 3.63) is 70.1 Å². The van der Waals surface area contributed by atoms with Crippen LogP contribution in [0.25, 0.3) is 6.08 Å². The minimum atomic E-state index is -0.592. The number of hydrogen-bond donors (Lipinski definition) is 0. The summed E-state index contributed by atoms with van der Waals surface area (Å²) in [5.74, 6) is -0.792. The van der Waals surface area contributed by atoms with Gasteiger partial charge in [0, 0.05) is 10.6 Å². The summed E-state index contributed by atoms with van der Waals surface area (Å²) in [6.07, 6.45) is 1.45. The van der Waals surface area contributed by atoms with Gasteiger partial charge in [-0.3, -0.25) is 0 Å². The molecule has 0 fully saturated rings. The van der Waals surface area contributed by atoms with Crippen LogP contribution in [0, 0.1) is 5.82 Å². The summed E-state index contributed by atoms with van der Waals surface area (Å²) in [5, 5.41) is 0.572. The van der Waals surface area contributed by atoms with Gasteiger partial charge in [-0.2, -0.15) is 0 Å². The van der Waals surface area contributed by atoms with Crippen molar-refractivity contribution in [3.63, 3.8) is 0 Å². The highest BCUT2D eigenvalue weighted by Crippen LogP contribution is 2.23. The standard InChI is InChI=1S/C17H11ClFNO3/c1-22-15-7-2-10(8-13(15)19)9-14-17(21)23-16(20-14)11-3-5-12(18)6-4-11/h2-9H,1H3. The van der Waals surface area contributed by atoms with Crippen molar-refractivity contribution < 1.29 is 18.7 Å². The van der Waals surface area contributed by atoms with E-state index in [0.29, 0.717) is 16.1 Å².